The molecule has 0 radical (unpaired) electrons. The van der Waals surface area contributed by atoms with Crippen molar-refractivity contribution in [1.29, 1.82) is 5.26 Å². The van der Waals surface area contributed by atoms with Crippen LogP contribution in [0.5, 0.6) is 0 Å². The summed E-state index contributed by atoms with van der Waals surface area (Å²) < 4.78 is 0. The second-order valence-electron chi connectivity index (χ2n) is 8.26. The van der Waals surface area contributed by atoms with Gasteiger partial charge in [-0.15, -0.1) is 0 Å². The van der Waals surface area contributed by atoms with E-state index in [4.69, 9.17) is 16.9 Å². The normalized spacial score (nSPS) is 21.3. The van der Waals surface area contributed by atoms with Gasteiger partial charge in [-0.3, -0.25) is 4.79 Å². The van der Waals surface area contributed by atoms with Crippen LogP contribution in [0, 0.1) is 18.3 Å². The molecule has 2 aliphatic carbocycles. The number of nitrogens with zero attached hydrogens (tertiary/aromatic N) is 2. The van der Waals surface area contributed by atoms with Crippen LogP contribution in [-0.4, -0.2) is 24.0 Å². The molecule has 1 N–H and O–H groups in total. The summed E-state index contributed by atoms with van der Waals surface area (Å²) >= 11 is 6.29. The molecule has 2 aliphatic rings. The van der Waals surface area contributed by atoms with E-state index < -0.39 is 0 Å². The second-order valence-corrected chi connectivity index (χ2v) is 8.67. The number of carbonyl (C=O) groups is 1. The Bertz CT molecular complexity index is 922. The van der Waals surface area contributed by atoms with E-state index in [9.17, 15) is 4.79 Å². The third kappa shape index (κ3) is 4.57. The lowest BCUT2D eigenvalue weighted by molar-refractivity contribution is 0.0925. The van der Waals surface area contributed by atoms with Gasteiger partial charge in [-0.05, 0) is 75.8 Å². The molecule has 4 rings (SSSR count). The molecule has 5 heteroatoms. The fraction of sp³-hybridized carbons (Fsp3) is 0.417. The topological polar surface area (TPSA) is 56.1 Å². The van der Waals surface area contributed by atoms with Gasteiger partial charge >= 0.3 is 0 Å². The summed E-state index contributed by atoms with van der Waals surface area (Å²) in [5.74, 6) is 0.0198. The molecule has 2 aromatic carbocycles. The van der Waals surface area contributed by atoms with Crippen LogP contribution in [0.15, 0.2) is 42.5 Å². The van der Waals surface area contributed by atoms with Crippen molar-refractivity contribution in [3.8, 4) is 6.07 Å². The highest BCUT2D eigenvalue weighted by Gasteiger charge is 2.36. The summed E-state index contributed by atoms with van der Waals surface area (Å²) in [6.07, 6.45) is 6.48. The first-order valence-corrected chi connectivity index (χ1v) is 10.8. The number of hydrogen-bond donors (Lipinski definition) is 1. The summed E-state index contributed by atoms with van der Waals surface area (Å²) in [6, 6.07) is 16.9. The molecule has 0 aromatic heterocycles. The minimum atomic E-state index is 0.0198. The van der Waals surface area contributed by atoms with Gasteiger partial charge in [0.25, 0.3) is 5.91 Å². The highest BCUT2D eigenvalue weighted by Crippen LogP contribution is 2.39. The van der Waals surface area contributed by atoms with Crippen molar-refractivity contribution >= 4 is 23.2 Å². The molecule has 0 heterocycles. The third-order valence-corrected chi connectivity index (χ3v) is 6.36. The number of rotatable bonds is 5. The Morgan fingerprint density at radius 3 is 2.21 bits per heavy atom. The van der Waals surface area contributed by atoms with E-state index in [1.807, 2.05) is 49.4 Å². The van der Waals surface area contributed by atoms with Crippen molar-refractivity contribution in [2.24, 2.45) is 0 Å². The first-order chi connectivity index (χ1) is 14.0. The van der Waals surface area contributed by atoms with E-state index in [0.717, 1.165) is 42.5 Å². The summed E-state index contributed by atoms with van der Waals surface area (Å²) in [5.41, 5.74) is 3.52. The molecule has 2 saturated carbocycles. The van der Waals surface area contributed by atoms with Gasteiger partial charge in [0.2, 0.25) is 0 Å². The van der Waals surface area contributed by atoms with Crippen LogP contribution in [0.3, 0.4) is 0 Å². The summed E-state index contributed by atoms with van der Waals surface area (Å²) in [5, 5.41) is 12.9. The zero-order valence-electron chi connectivity index (χ0n) is 16.7. The molecule has 150 valence electrons. The minimum Gasteiger partial charge on any atom is -0.366 e. The Morgan fingerprint density at radius 1 is 1.03 bits per heavy atom. The van der Waals surface area contributed by atoms with Gasteiger partial charge in [0.15, 0.2) is 0 Å². The van der Waals surface area contributed by atoms with Crippen LogP contribution in [0.4, 0.5) is 5.69 Å². The minimum absolute atomic E-state index is 0.0198. The SMILES string of the molecule is Cc1ccc(C(=O)N[C@H]2CC[C@H](N(c3ccc(C#N)c(Cl)c3)C3CC3)CC2)cc1. The molecule has 1 amide bonds. The predicted molar refractivity (Wildman–Crippen MR) is 116 cm³/mol. The fourth-order valence-electron chi connectivity index (χ4n) is 4.30. The van der Waals surface area contributed by atoms with Gasteiger partial charge in [-0.2, -0.15) is 5.26 Å². The molecule has 2 aromatic rings. The molecule has 0 saturated heterocycles. The highest BCUT2D eigenvalue weighted by molar-refractivity contribution is 6.32. The van der Waals surface area contributed by atoms with Crippen LogP contribution in [0.2, 0.25) is 5.02 Å². The summed E-state index contributed by atoms with van der Waals surface area (Å²) in [4.78, 5) is 15.0. The molecule has 0 bridgehead atoms. The number of anilines is 1. The summed E-state index contributed by atoms with van der Waals surface area (Å²) in [6.45, 7) is 2.02. The van der Waals surface area contributed by atoms with Crippen LogP contribution in [0.1, 0.15) is 60.0 Å². The van der Waals surface area contributed by atoms with Gasteiger partial charge in [-0.25, -0.2) is 0 Å². The Balaban J connectivity index is 1.38. The summed E-state index contributed by atoms with van der Waals surface area (Å²) in [7, 11) is 0. The number of nitriles is 1. The molecule has 29 heavy (non-hydrogen) atoms. The quantitative estimate of drug-likeness (QED) is 0.738. The average Bonchev–Trinajstić information content (AvgIpc) is 3.55. The number of aryl methyl sites for hydroxylation is 1. The van der Waals surface area contributed by atoms with E-state index in [2.05, 4.69) is 16.3 Å². The van der Waals surface area contributed by atoms with Crippen molar-refractivity contribution in [2.75, 3.05) is 4.90 Å². The van der Waals surface area contributed by atoms with Gasteiger partial charge in [0.1, 0.15) is 6.07 Å². The highest BCUT2D eigenvalue weighted by atomic mass is 35.5. The molecule has 0 atom stereocenters. The molecule has 0 spiro atoms. The number of amides is 1. The standard InChI is InChI=1S/C24H26ClN3O/c1-16-2-4-17(5-3-16)24(29)27-19-7-10-20(11-8-19)28(21-12-13-21)22-9-6-18(15-26)23(25)14-22/h2-6,9,14,19-21H,7-8,10-13H2,1H3,(H,27,29)/t19-,20-. The lowest BCUT2D eigenvalue weighted by Gasteiger charge is -2.39. The van der Waals surface area contributed by atoms with Crippen molar-refractivity contribution < 1.29 is 4.79 Å². The Morgan fingerprint density at radius 2 is 1.66 bits per heavy atom. The molecule has 0 aliphatic heterocycles. The van der Waals surface area contributed by atoms with E-state index in [1.54, 1.807) is 0 Å². The number of carbonyl (C=O) groups excluding carboxylic acids is 1. The number of hydrogen-bond acceptors (Lipinski definition) is 3. The van der Waals surface area contributed by atoms with Gasteiger partial charge < -0.3 is 10.2 Å². The van der Waals surface area contributed by atoms with Crippen molar-refractivity contribution in [2.45, 2.75) is 63.6 Å². The zero-order valence-corrected chi connectivity index (χ0v) is 17.5. The Hall–Kier alpha value is -2.51. The maximum absolute atomic E-state index is 12.5. The molecule has 4 nitrogen and oxygen atoms in total. The second kappa shape index (κ2) is 8.47. The van der Waals surface area contributed by atoms with E-state index in [-0.39, 0.29) is 11.9 Å². The smallest absolute Gasteiger partial charge is 0.251 e. The van der Waals surface area contributed by atoms with Crippen LogP contribution < -0.4 is 10.2 Å². The monoisotopic (exact) mass is 407 g/mol. The lowest BCUT2D eigenvalue weighted by Crippen LogP contribution is -2.45. The van der Waals surface area contributed by atoms with Gasteiger partial charge in [0.05, 0.1) is 10.6 Å². The predicted octanol–water partition coefficient (Wildman–Crippen LogP) is 5.23. The third-order valence-electron chi connectivity index (χ3n) is 6.05. The first kappa shape index (κ1) is 19.8. The molecule has 0 unspecified atom stereocenters. The number of nitrogens with one attached hydrogen (secondary N) is 1. The maximum Gasteiger partial charge on any atom is 0.251 e. The van der Waals surface area contributed by atoms with Crippen molar-refractivity contribution in [1.82, 2.24) is 5.32 Å². The van der Waals surface area contributed by atoms with E-state index in [0.29, 0.717) is 22.7 Å². The van der Waals surface area contributed by atoms with Crippen LogP contribution in [-0.2, 0) is 0 Å². The molecule has 2 fully saturated rings. The van der Waals surface area contributed by atoms with E-state index >= 15 is 0 Å². The average molecular weight is 408 g/mol. The molecular weight excluding hydrogens is 382 g/mol. The lowest BCUT2D eigenvalue weighted by atomic mass is 9.89. The van der Waals surface area contributed by atoms with Gasteiger partial charge in [-0.1, -0.05) is 29.3 Å². The van der Waals surface area contributed by atoms with E-state index in [1.165, 1.54) is 12.8 Å². The van der Waals surface area contributed by atoms with Crippen molar-refractivity contribution in [3.05, 3.63) is 64.2 Å². The van der Waals surface area contributed by atoms with Crippen LogP contribution >= 0.6 is 11.6 Å². The van der Waals surface area contributed by atoms with Crippen molar-refractivity contribution in [3.63, 3.8) is 0 Å². The maximum atomic E-state index is 12.5. The zero-order chi connectivity index (χ0) is 20.4. The number of benzene rings is 2. The largest absolute Gasteiger partial charge is 0.366 e. The fourth-order valence-corrected chi connectivity index (χ4v) is 4.52. The van der Waals surface area contributed by atoms with Crippen LogP contribution in [0.25, 0.3) is 0 Å². The molecular formula is C24H26ClN3O. The Labute approximate surface area is 177 Å². The Kier molecular flexibility index (Phi) is 5.78. The van der Waals surface area contributed by atoms with Gasteiger partial charge in [0, 0.05) is 29.4 Å². The first-order valence-electron chi connectivity index (χ1n) is 10.4. The number of halogens is 1.